The summed E-state index contributed by atoms with van der Waals surface area (Å²) in [5.74, 6) is 0.719. The minimum atomic E-state index is -3.40. The van der Waals surface area contributed by atoms with Gasteiger partial charge in [0.25, 0.3) is 0 Å². The molecule has 2 fully saturated rings. The number of piperidine rings is 1. The van der Waals surface area contributed by atoms with Crippen LogP contribution >= 0.6 is 12.4 Å². The van der Waals surface area contributed by atoms with Gasteiger partial charge in [0.05, 0.1) is 6.26 Å². The van der Waals surface area contributed by atoms with E-state index in [2.05, 4.69) is 10.0 Å². The summed E-state index contributed by atoms with van der Waals surface area (Å²) < 4.78 is 25.1. The van der Waals surface area contributed by atoms with E-state index < -0.39 is 15.6 Å². The molecule has 1 saturated heterocycles. The summed E-state index contributed by atoms with van der Waals surface area (Å²) in [4.78, 5) is 14.2. The SMILES string of the molecule is CC(C)(NS(C)(=O)=O)C(=O)N1CCC(NCC2CC2)CC1.Cl. The van der Waals surface area contributed by atoms with Crippen LogP contribution in [0.1, 0.15) is 39.5 Å². The van der Waals surface area contributed by atoms with E-state index in [9.17, 15) is 13.2 Å². The number of sulfonamides is 1. The average molecular weight is 354 g/mol. The van der Waals surface area contributed by atoms with Gasteiger partial charge in [0.2, 0.25) is 15.9 Å². The zero-order valence-corrected chi connectivity index (χ0v) is 15.2. The van der Waals surface area contributed by atoms with Crippen molar-refractivity contribution in [1.82, 2.24) is 14.9 Å². The highest BCUT2D eigenvalue weighted by Crippen LogP contribution is 2.28. The van der Waals surface area contributed by atoms with Crippen LogP contribution in [0.5, 0.6) is 0 Å². The van der Waals surface area contributed by atoms with Crippen molar-refractivity contribution in [1.29, 1.82) is 0 Å². The summed E-state index contributed by atoms with van der Waals surface area (Å²) in [6, 6.07) is 0.487. The minimum absolute atomic E-state index is 0. The highest BCUT2D eigenvalue weighted by atomic mass is 35.5. The van der Waals surface area contributed by atoms with E-state index in [0.29, 0.717) is 19.1 Å². The van der Waals surface area contributed by atoms with Crippen molar-refractivity contribution in [3.8, 4) is 0 Å². The van der Waals surface area contributed by atoms with Crippen LogP contribution in [0.25, 0.3) is 0 Å². The molecule has 0 bridgehead atoms. The second-order valence-corrected chi connectivity index (χ2v) is 8.67. The van der Waals surface area contributed by atoms with E-state index in [1.807, 2.05) is 0 Å². The molecule has 0 aromatic carbocycles. The molecule has 22 heavy (non-hydrogen) atoms. The van der Waals surface area contributed by atoms with Crippen molar-refractivity contribution in [2.45, 2.75) is 51.1 Å². The fraction of sp³-hybridized carbons (Fsp3) is 0.929. The Kier molecular flexibility index (Phi) is 6.68. The van der Waals surface area contributed by atoms with Crippen molar-refractivity contribution in [3.63, 3.8) is 0 Å². The first-order chi connectivity index (χ1) is 9.67. The highest BCUT2D eigenvalue weighted by Gasteiger charge is 2.36. The molecule has 1 heterocycles. The fourth-order valence-electron chi connectivity index (χ4n) is 2.84. The summed E-state index contributed by atoms with van der Waals surface area (Å²) in [5.41, 5.74) is -1.08. The number of hydrogen-bond donors (Lipinski definition) is 2. The van der Waals surface area contributed by atoms with Crippen molar-refractivity contribution >= 4 is 28.3 Å². The maximum Gasteiger partial charge on any atom is 0.243 e. The number of carbonyl (C=O) groups is 1. The molecular formula is C14H28ClN3O3S. The molecule has 0 aromatic heterocycles. The number of hydrogen-bond acceptors (Lipinski definition) is 4. The molecule has 0 atom stereocenters. The second-order valence-electron chi connectivity index (χ2n) is 6.92. The van der Waals surface area contributed by atoms with E-state index in [1.54, 1.807) is 18.7 Å². The normalized spacial score (nSPS) is 20.6. The lowest BCUT2D eigenvalue weighted by atomic mass is 10.00. The van der Waals surface area contributed by atoms with Crippen LogP contribution in [0.4, 0.5) is 0 Å². The topological polar surface area (TPSA) is 78.5 Å². The Hall–Kier alpha value is -0.370. The number of nitrogens with zero attached hydrogens (tertiary/aromatic N) is 1. The molecule has 2 rings (SSSR count). The van der Waals surface area contributed by atoms with Crippen molar-refractivity contribution in [2.75, 3.05) is 25.9 Å². The molecule has 2 N–H and O–H groups in total. The quantitative estimate of drug-likeness (QED) is 0.737. The fourth-order valence-corrected chi connectivity index (χ4v) is 3.86. The van der Waals surface area contributed by atoms with Crippen LogP contribution in [-0.4, -0.2) is 56.7 Å². The molecule has 0 radical (unpaired) electrons. The van der Waals surface area contributed by atoms with Gasteiger partial charge in [-0.3, -0.25) is 4.79 Å². The van der Waals surface area contributed by atoms with Crippen LogP contribution in [-0.2, 0) is 14.8 Å². The second kappa shape index (κ2) is 7.47. The number of carbonyl (C=O) groups excluding carboxylic acids is 1. The molecule has 2 aliphatic rings. The molecule has 0 aromatic rings. The lowest BCUT2D eigenvalue weighted by Gasteiger charge is -2.37. The van der Waals surface area contributed by atoms with Gasteiger partial charge in [-0.15, -0.1) is 12.4 Å². The first-order valence-corrected chi connectivity index (χ1v) is 9.58. The summed E-state index contributed by atoms with van der Waals surface area (Å²) >= 11 is 0. The van der Waals surface area contributed by atoms with Crippen LogP contribution in [0, 0.1) is 5.92 Å². The Bertz CT molecular complexity index is 484. The van der Waals surface area contributed by atoms with Crippen molar-refractivity contribution in [2.24, 2.45) is 5.92 Å². The Morgan fingerprint density at radius 2 is 1.73 bits per heavy atom. The van der Waals surface area contributed by atoms with Gasteiger partial charge in [0.15, 0.2) is 0 Å². The first-order valence-electron chi connectivity index (χ1n) is 7.69. The molecule has 0 unspecified atom stereocenters. The summed E-state index contributed by atoms with van der Waals surface area (Å²) in [5, 5.41) is 3.57. The summed E-state index contributed by atoms with van der Waals surface area (Å²) in [7, 11) is -3.40. The maximum atomic E-state index is 12.5. The van der Waals surface area contributed by atoms with Gasteiger partial charge in [0, 0.05) is 19.1 Å². The molecular weight excluding hydrogens is 326 g/mol. The smallest absolute Gasteiger partial charge is 0.243 e. The summed E-state index contributed by atoms with van der Waals surface area (Å²) in [6.45, 7) is 5.72. The maximum absolute atomic E-state index is 12.5. The summed E-state index contributed by atoms with van der Waals surface area (Å²) in [6.07, 6.45) is 5.64. The number of rotatable bonds is 6. The number of halogens is 1. The van der Waals surface area contributed by atoms with Crippen LogP contribution in [0.3, 0.4) is 0 Å². The van der Waals surface area contributed by atoms with E-state index in [-0.39, 0.29) is 18.3 Å². The lowest BCUT2D eigenvalue weighted by molar-refractivity contribution is -0.137. The minimum Gasteiger partial charge on any atom is -0.341 e. The average Bonchev–Trinajstić information content (AvgIpc) is 3.17. The molecule has 0 spiro atoms. The zero-order valence-electron chi connectivity index (χ0n) is 13.6. The van der Waals surface area contributed by atoms with Gasteiger partial charge in [-0.25, -0.2) is 13.1 Å². The van der Waals surface area contributed by atoms with Gasteiger partial charge >= 0.3 is 0 Å². The standard InChI is InChI=1S/C14H27N3O3S.ClH/c1-14(2,16-21(3,19)20)13(18)17-8-6-12(7-9-17)15-10-11-4-5-11;/h11-12,15-16H,4-10H2,1-3H3;1H. The van der Waals surface area contributed by atoms with Crippen LogP contribution < -0.4 is 10.0 Å². The Labute approximate surface area is 139 Å². The van der Waals surface area contributed by atoms with Gasteiger partial charge in [-0.2, -0.15) is 0 Å². The first kappa shape index (κ1) is 19.7. The lowest BCUT2D eigenvalue weighted by Crippen LogP contribution is -2.58. The van der Waals surface area contributed by atoms with Gasteiger partial charge < -0.3 is 10.2 Å². The third-order valence-electron chi connectivity index (χ3n) is 4.15. The molecule has 8 heteroatoms. The highest BCUT2D eigenvalue weighted by molar-refractivity contribution is 7.88. The molecule has 1 amide bonds. The molecule has 1 aliphatic heterocycles. The zero-order chi connectivity index (χ0) is 15.7. The Balaban J connectivity index is 0.00000242. The molecule has 6 nitrogen and oxygen atoms in total. The third-order valence-corrected chi connectivity index (χ3v) is 5.03. The van der Waals surface area contributed by atoms with Crippen LogP contribution in [0.15, 0.2) is 0 Å². The van der Waals surface area contributed by atoms with Crippen LogP contribution in [0.2, 0.25) is 0 Å². The number of likely N-dealkylation sites (tertiary alicyclic amines) is 1. The van der Waals surface area contributed by atoms with Gasteiger partial charge in [0.1, 0.15) is 5.54 Å². The van der Waals surface area contributed by atoms with Crippen molar-refractivity contribution in [3.05, 3.63) is 0 Å². The van der Waals surface area contributed by atoms with E-state index in [1.165, 1.54) is 12.8 Å². The monoisotopic (exact) mass is 353 g/mol. The van der Waals surface area contributed by atoms with Gasteiger partial charge in [-0.1, -0.05) is 0 Å². The Morgan fingerprint density at radius 3 is 2.18 bits per heavy atom. The number of nitrogens with one attached hydrogen (secondary N) is 2. The molecule has 130 valence electrons. The predicted molar refractivity (Wildman–Crippen MR) is 89.6 cm³/mol. The number of amides is 1. The Morgan fingerprint density at radius 1 is 1.18 bits per heavy atom. The largest absolute Gasteiger partial charge is 0.341 e. The van der Waals surface area contributed by atoms with E-state index in [0.717, 1.165) is 31.6 Å². The predicted octanol–water partition coefficient (Wildman–Crippen LogP) is 0.727. The molecule has 1 saturated carbocycles. The van der Waals surface area contributed by atoms with E-state index in [4.69, 9.17) is 0 Å². The third kappa shape index (κ3) is 6.02. The molecule has 1 aliphatic carbocycles. The van der Waals surface area contributed by atoms with Gasteiger partial charge in [-0.05, 0) is 52.0 Å². The van der Waals surface area contributed by atoms with E-state index >= 15 is 0 Å². The van der Waals surface area contributed by atoms with Crippen molar-refractivity contribution < 1.29 is 13.2 Å².